The highest BCUT2D eigenvalue weighted by Crippen LogP contribution is 2.19. The lowest BCUT2D eigenvalue weighted by Crippen LogP contribution is -2.12. The van der Waals surface area contributed by atoms with Gasteiger partial charge in [-0.2, -0.15) is 0 Å². The topological polar surface area (TPSA) is 61.7 Å². The SMILES string of the molecule is N=C(Nc1ccc(F)c(Cl)c1)c1csnn1. The summed E-state index contributed by atoms with van der Waals surface area (Å²) in [7, 11) is 0. The number of hydrogen-bond donors (Lipinski definition) is 2. The molecule has 1 aromatic carbocycles. The first-order valence-electron chi connectivity index (χ1n) is 4.25. The molecule has 7 heteroatoms. The van der Waals surface area contributed by atoms with E-state index in [4.69, 9.17) is 17.0 Å². The van der Waals surface area contributed by atoms with Crippen LogP contribution in [0.5, 0.6) is 0 Å². The normalized spacial score (nSPS) is 10.1. The van der Waals surface area contributed by atoms with Crippen LogP contribution in [0.1, 0.15) is 5.69 Å². The number of hydrogen-bond acceptors (Lipinski definition) is 4. The fraction of sp³-hybridized carbons (Fsp3) is 0. The van der Waals surface area contributed by atoms with Crippen molar-refractivity contribution in [3.63, 3.8) is 0 Å². The van der Waals surface area contributed by atoms with E-state index >= 15 is 0 Å². The molecular formula is C9H6ClFN4S. The number of nitrogens with one attached hydrogen (secondary N) is 2. The van der Waals surface area contributed by atoms with Crippen LogP contribution in [0.15, 0.2) is 23.6 Å². The molecule has 0 bridgehead atoms. The zero-order valence-corrected chi connectivity index (χ0v) is 9.44. The molecule has 0 aliphatic rings. The Morgan fingerprint density at radius 3 is 2.94 bits per heavy atom. The summed E-state index contributed by atoms with van der Waals surface area (Å²) >= 11 is 6.77. The standard InChI is InChI=1S/C9H6ClFN4S/c10-6-3-5(1-2-7(6)11)13-9(12)8-4-16-15-14-8/h1-4H,(H2,12,13). The van der Waals surface area contributed by atoms with E-state index in [9.17, 15) is 4.39 Å². The van der Waals surface area contributed by atoms with Gasteiger partial charge in [0.2, 0.25) is 0 Å². The molecule has 2 N–H and O–H groups in total. The van der Waals surface area contributed by atoms with Crippen LogP contribution in [-0.4, -0.2) is 15.4 Å². The highest BCUT2D eigenvalue weighted by atomic mass is 35.5. The van der Waals surface area contributed by atoms with Gasteiger partial charge < -0.3 is 5.32 Å². The van der Waals surface area contributed by atoms with E-state index < -0.39 is 5.82 Å². The first-order chi connectivity index (χ1) is 7.66. The summed E-state index contributed by atoms with van der Waals surface area (Å²) in [6, 6.07) is 4.14. The van der Waals surface area contributed by atoms with E-state index in [0.717, 1.165) is 11.5 Å². The minimum absolute atomic E-state index is 0.00852. The van der Waals surface area contributed by atoms with Gasteiger partial charge in [-0.3, -0.25) is 5.41 Å². The smallest absolute Gasteiger partial charge is 0.151 e. The van der Waals surface area contributed by atoms with E-state index in [2.05, 4.69) is 14.9 Å². The van der Waals surface area contributed by atoms with Gasteiger partial charge in [-0.25, -0.2) is 4.39 Å². The van der Waals surface area contributed by atoms with Gasteiger partial charge in [0.1, 0.15) is 11.5 Å². The van der Waals surface area contributed by atoms with E-state index in [1.165, 1.54) is 18.2 Å². The molecule has 2 rings (SSSR count). The van der Waals surface area contributed by atoms with Crippen molar-refractivity contribution >= 4 is 34.7 Å². The van der Waals surface area contributed by atoms with Crippen LogP contribution < -0.4 is 5.32 Å². The lowest BCUT2D eigenvalue weighted by Gasteiger charge is -2.05. The van der Waals surface area contributed by atoms with Gasteiger partial charge in [-0.15, -0.1) is 5.10 Å². The molecule has 0 atom stereocenters. The highest BCUT2D eigenvalue weighted by Gasteiger charge is 2.06. The van der Waals surface area contributed by atoms with E-state index in [-0.39, 0.29) is 10.9 Å². The fourth-order valence-electron chi connectivity index (χ4n) is 1.06. The minimum Gasteiger partial charge on any atom is -0.339 e. The fourth-order valence-corrected chi connectivity index (χ4v) is 1.68. The molecule has 82 valence electrons. The number of benzene rings is 1. The van der Waals surface area contributed by atoms with Crippen LogP contribution in [-0.2, 0) is 0 Å². The quantitative estimate of drug-likeness (QED) is 0.642. The molecule has 2 aromatic rings. The number of aromatic nitrogens is 2. The van der Waals surface area contributed by atoms with Crippen LogP contribution in [0.4, 0.5) is 10.1 Å². The maximum Gasteiger partial charge on any atom is 0.151 e. The summed E-state index contributed by atoms with van der Waals surface area (Å²) in [4.78, 5) is 0. The van der Waals surface area contributed by atoms with Crippen LogP contribution >= 0.6 is 23.1 Å². The molecule has 0 unspecified atom stereocenters. The van der Waals surface area contributed by atoms with Crippen LogP contribution in [0.2, 0.25) is 5.02 Å². The second-order valence-electron chi connectivity index (χ2n) is 2.92. The number of rotatable bonds is 2. The average molecular weight is 257 g/mol. The first kappa shape index (κ1) is 11.0. The zero-order chi connectivity index (χ0) is 11.5. The second kappa shape index (κ2) is 4.54. The molecule has 0 spiro atoms. The van der Waals surface area contributed by atoms with Crippen molar-refractivity contribution in [1.29, 1.82) is 5.41 Å². The predicted octanol–water partition coefficient (Wildman–Crippen LogP) is 2.77. The van der Waals surface area contributed by atoms with Crippen LogP contribution in [0.25, 0.3) is 0 Å². The second-order valence-corrected chi connectivity index (χ2v) is 3.94. The Morgan fingerprint density at radius 2 is 2.31 bits per heavy atom. The summed E-state index contributed by atoms with van der Waals surface area (Å²) < 4.78 is 16.5. The zero-order valence-electron chi connectivity index (χ0n) is 7.87. The molecular weight excluding hydrogens is 251 g/mol. The maximum absolute atomic E-state index is 12.9. The molecule has 0 fully saturated rings. The third-order valence-corrected chi connectivity index (χ3v) is 2.60. The summed E-state index contributed by atoms with van der Waals surface area (Å²) in [5.41, 5.74) is 0.967. The summed E-state index contributed by atoms with van der Waals surface area (Å²) in [6.07, 6.45) is 0. The van der Waals surface area contributed by atoms with Gasteiger partial charge in [0.05, 0.1) is 5.02 Å². The molecule has 1 aromatic heterocycles. The van der Waals surface area contributed by atoms with E-state index in [1.807, 2.05) is 0 Å². The summed E-state index contributed by atoms with van der Waals surface area (Å²) in [6.45, 7) is 0. The van der Waals surface area contributed by atoms with Gasteiger partial charge in [0, 0.05) is 11.1 Å². The molecule has 0 radical (unpaired) electrons. The molecule has 1 heterocycles. The lowest BCUT2D eigenvalue weighted by molar-refractivity contribution is 0.628. The number of nitrogens with zero attached hydrogens (tertiary/aromatic N) is 2. The van der Waals surface area contributed by atoms with Crippen molar-refractivity contribution in [3.05, 3.63) is 40.1 Å². The Morgan fingerprint density at radius 1 is 1.50 bits per heavy atom. The summed E-state index contributed by atoms with van der Waals surface area (Å²) in [5.74, 6) is -0.398. The lowest BCUT2D eigenvalue weighted by atomic mass is 10.3. The largest absolute Gasteiger partial charge is 0.339 e. The van der Waals surface area contributed by atoms with Crippen molar-refractivity contribution in [2.45, 2.75) is 0 Å². The number of anilines is 1. The average Bonchev–Trinajstić information content (AvgIpc) is 2.77. The predicted molar refractivity (Wildman–Crippen MR) is 61.8 cm³/mol. The van der Waals surface area contributed by atoms with Crippen molar-refractivity contribution in [3.8, 4) is 0 Å². The van der Waals surface area contributed by atoms with Gasteiger partial charge in [-0.1, -0.05) is 16.1 Å². The molecule has 0 aliphatic heterocycles. The molecule has 0 amide bonds. The van der Waals surface area contributed by atoms with Crippen molar-refractivity contribution in [2.24, 2.45) is 0 Å². The number of halogens is 2. The van der Waals surface area contributed by atoms with Gasteiger partial charge in [0.25, 0.3) is 0 Å². The Bertz CT molecular complexity index is 514. The van der Waals surface area contributed by atoms with E-state index in [1.54, 1.807) is 5.38 Å². The molecule has 0 saturated heterocycles. The number of amidine groups is 1. The maximum atomic E-state index is 12.9. The van der Waals surface area contributed by atoms with Gasteiger partial charge >= 0.3 is 0 Å². The molecule has 0 saturated carbocycles. The third-order valence-electron chi connectivity index (χ3n) is 1.81. The Labute approximate surface area is 99.7 Å². The van der Waals surface area contributed by atoms with E-state index in [0.29, 0.717) is 11.4 Å². The first-order valence-corrected chi connectivity index (χ1v) is 5.46. The van der Waals surface area contributed by atoms with Crippen LogP contribution in [0, 0.1) is 11.2 Å². The highest BCUT2D eigenvalue weighted by molar-refractivity contribution is 7.03. The molecule has 4 nitrogen and oxygen atoms in total. The minimum atomic E-state index is -0.492. The van der Waals surface area contributed by atoms with Crippen LogP contribution in [0.3, 0.4) is 0 Å². The molecule has 0 aliphatic carbocycles. The third kappa shape index (κ3) is 2.34. The van der Waals surface area contributed by atoms with Gasteiger partial charge in [-0.05, 0) is 29.7 Å². The Hall–Kier alpha value is -1.53. The Kier molecular flexibility index (Phi) is 3.12. The van der Waals surface area contributed by atoms with Crippen molar-refractivity contribution in [2.75, 3.05) is 5.32 Å². The van der Waals surface area contributed by atoms with Gasteiger partial charge in [0.15, 0.2) is 5.84 Å². The van der Waals surface area contributed by atoms with Crippen molar-refractivity contribution < 1.29 is 4.39 Å². The monoisotopic (exact) mass is 256 g/mol. The Balaban J connectivity index is 2.15. The van der Waals surface area contributed by atoms with Crippen molar-refractivity contribution in [1.82, 2.24) is 9.59 Å². The summed E-state index contributed by atoms with van der Waals surface area (Å²) in [5, 5.41) is 15.8. The molecule has 16 heavy (non-hydrogen) atoms.